The van der Waals surface area contributed by atoms with E-state index in [0.717, 1.165) is 0 Å². The lowest BCUT2D eigenvalue weighted by Crippen LogP contribution is -2.17. The molecule has 4 atom stereocenters. The van der Waals surface area contributed by atoms with Crippen molar-refractivity contribution < 1.29 is 0 Å². The van der Waals surface area contributed by atoms with Gasteiger partial charge in [0, 0.05) is 27.7 Å². The van der Waals surface area contributed by atoms with Gasteiger partial charge >= 0.3 is 0 Å². The highest BCUT2D eigenvalue weighted by atomic mass is 32.2. The van der Waals surface area contributed by atoms with E-state index in [0.29, 0.717) is 23.1 Å². The summed E-state index contributed by atoms with van der Waals surface area (Å²) >= 11 is 2.02. The minimum absolute atomic E-state index is 0.445. The van der Waals surface area contributed by atoms with E-state index in [1.165, 1.54) is 21.7 Å². The molecule has 98 valence electrons. The fourth-order valence-electron chi connectivity index (χ4n) is 3.72. The number of fused-ring (bicyclic) bond motifs is 6. The van der Waals surface area contributed by atoms with E-state index >= 15 is 0 Å². The van der Waals surface area contributed by atoms with Crippen LogP contribution in [0.3, 0.4) is 0 Å². The molecular weight excluding hydrogens is 262 g/mol. The van der Waals surface area contributed by atoms with Gasteiger partial charge < -0.3 is 5.32 Å². The van der Waals surface area contributed by atoms with Crippen LogP contribution in [0.4, 0.5) is 5.69 Å². The number of benzene rings is 1. The number of allylic oxidation sites excluding steroid dienone is 5. The molecule has 20 heavy (non-hydrogen) atoms. The van der Waals surface area contributed by atoms with Crippen LogP contribution in [0.2, 0.25) is 0 Å². The smallest absolute Gasteiger partial charge is 0.0551 e. The average Bonchev–Trinajstić information content (AvgIpc) is 3.02. The highest BCUT2D eigenvalue weighted by Gasteiger charge is 2.36. The second-order valence-corrected chi connectivity index (χ2v) is 7.04. The molecule has 1 aromatic rings. The standard InChI is InChI=1S/C18H15NS/c1-3-7-15-11(5-1)13-10-18-14(9-16(13)19-15)12-6-2-4-8-17(12)20-18/h1-12,15,17,19H. The molecule has 0 fully saturated rings. The molecule has 4 aliphatic rings. The molecule has 0 saturated heterocycles. The minimum Gasteiger partial charge on any atom is -0.378 e. The Morgan fingerprint density at radius 3 is 2.55 bits per heavy atom. The number of anilines is 1. The first-order valence-corrected chi connectivity index (χ1v) is 8.09. The SMILES string of the molecule is C1=CC2Nc3cc4c(cc3C2C=C1)SC1C=CC=CC41. The molecule has 0 saturated carbocycles. The maximum atomic E-state index is 3.67. The van der Waals surface area contributed by atoms with Crippen LogP contribution in [0.1, 0.15) is 23.0 Å². The van der Waals surface area contributed by atoms with Crippen molar-refractivity contribution in [3.8, 4) is 0 Å². The quantitative estimate of drug-likeness (QED) is 0.755. The van der Waals surface area contributed by atoms with E-state index < -0.39 is 0 Å². The van der Waals surface area contributed by atoms with E-state index in [4.69, 9.17) is 0 Å². The number of nitrogens with one attached hydrogen (secondary N) is 1. The molecule has 2 aliphatic heterocycles. The molecule has 0 spiro atoms. The highest BCUT2D eigenvalue weighted by Crippen LogP contribution is 2.52. The lowest BCUT2D eigenvalue weighted by Gasteiger charge is -2.15. The van der Waals surface area contributed by atoms with Crippen molar-refractivity contribution in [1.29, 1.82) is 0 Å². The zero-order chi connectivity index (χ0) is 13.1. The van der Waals surface area contributed by atoms with Gasteiger partial charge in [0.25, 0.3) is 0 Å². The Morgan fingerprint density at radius 1 is 0.800 bits per heavy atom. The molecule has 1 N–H and O–H groups in total. The van der Waals surface area contributed by atoms with E-state index in [9.17, 15) is 0 Å². The molecule has 0 aromatic heterocycles. The van der Waals surface area contributed by atoms with Crippen molar-refractivity contribution in [1.82, 2.24) is 0 Å². The van der Waals surface area contributed by atoms with Crippen LogP contribution in [0.25, 0.3) is 0 Å². The Kier molecular flexibility index (Phi) is 2.16. The average molecular weight is 277 g/mol. The molecular formula is C18H15NS. The Morgan fingerprint density at radius 2 is 1.60 bits per heavy atom. The summed E-state index contributed by atoms with van der Waals surface area (Å²) in [6.07, 6.45) is 17.9. The van der Waals surface area contributed by atoms with Gasteiger partial charge in [-0.05, 0) is 23.3 Å². The minimum atomic E-state index is 0.445. The van der Waals surface area contributed by atoms with Crippen molar-refractivity contribution in [2.24, 2.45) is 0 Å². The van der Waals surface area contributed by atoms with Crippen LogP contribution in [0.15, 0.2) is 65.6 Å². The van der Waals surface area contributed by atoms with Crippen molar-refractivity contribution in [3.63, 3.8) is 0 Å². The predicted molar refractivity (Wildman–Crippen MR) is 85.5 cm³/mol. The fraction of sp³-hybridized carbons (Fsp3) is 0.222. The lowest BCUT2D eigenvalue weighted by atomic mass is 9.88. The number of hydrogen-bond donors (Lipinski definition) is 1. The number of rotatable bonds is 0. The molecule has 4 unspecified atom stereocenters. The van der Waals surface area contributed by atoms with Crippen molar-refractivity contribution >= 4 is 17.4 Å². The Bertz CT molecular complexity index is 649. The summed E-state index contributed by atoms with van der Waals surface area (Å²) in [7, 11) is 0. The van der Waals surface area contributed by atoms with Gasteiger partial charge in [-0.2, -0.15) is 0 Å². The van der Waals surface area contributed by atoms with E-state index in [2.05, 4.69) is 66.1 Å². The van der Waals surface area contributed by atoms with Crippen LogP contribution in [0.5, 0.6) is 0 Å². The first kappa shape index (κ1) is 11.0. The van der Waals surface area contributed by atoms with Gasteiger partial charge in [0.1, 0.15) is 0 Å². The Hall–Kier alpha value is -1.67. The third kappa shape index (κ3) is 1.40. The van der Waals surface area contributed by atoms with Gasteiger partial charge in [0.05, 0.1) is 6.04 Å². The molecule has 1 aromatic carbocycles. The molecule has 0 bridgehead atoms. The third-order valence-electron chi connectivity index (χ3n) is 4.70. The maximum absolute atomic E-state index is 3.67. The molecule has 0 radical (unpaired) electrons. The zero-order valence-corrected chi connectivity index (χ0v) is 11.8. The van der Waals surface area contributed by atoms with Gasteiger partial charge in [-0.1, -0.05) is 48.6 Å². The van der Waals surface area contributed by atoms with Crippen LogP contribution in [0, 0.1) is 0 Å². The summed E-state index contributed by atoms with van der Waals surface area (Å²) < 4.78 is 0. The zero-order valence-electron chi connectivity index (χ0n) is 11.0. The summed E-state index contributed by atoms with van der Waals surface area (Å²) in [4.78, 5) is 1.47. The van der Waals surface area contributed by atoms with Gasteiger partial charge in [-0.3, -0.25) is 0 Å². The fourth-order valence-corrected chi connectivity index (χ4v) is 5.10. The predicted octanol–water partition coefficient (Wildman–Crippen LogP) is 4.37. The first-order valence-electron chi connectivity index (χ1n) is 7.21. The van der Waals surface area contributed by atoms with Crippen molar-refractivity contribution in [3.05, 3.63) is 71.9 Å². The third-order valence-corrected chi connectivity index (χ3v) is 6.03. The first-order chi connectivity index (χ1) is 9.90. The molecule has 2 heterocycles. The summed E-state index contributed by atoms with van der Waals surface area (Å²) in [6, 6.07) is 5.27. The second-order valence-electron chi connectivity index (χ2n) is 5.82. The van der Waals surface area contributed by atoms with Gasteiger partial charge in [0.15, 0.2) is 0 Å². The molecule has 0 amide bonds. The van der Waals surface area contributed by atoms with Crippen LogP contribution in [-0.4, -0.2) is 11.3 Å². The lowest BCUT2D eigenvalue weighted by molar-refractivity contribution is 0.803. The van der Waals surface area contributed by atoms with Crippen molar-refractivity contribution in [2.45, 2.75) is 28.0 Å². The van der Waals surface area contributed by atoms with Crippen LogP contribution >= 0.6 is 11.8 Å². The number of hydrogen-bond acceptors (Lipinski definition) is 2. The van der Waals surface area contributed by atoms with E-state index in [-0.39, 0.29) is 0 Å². The number of thioether (sulfide) groups is 1. The monoisotopic (exact) mass is 277 g/mol. The Labute approximate surface area is 123 Å². The Balaban J connectivity index is 1.63. The molecule has 5 rings (SSSR count). The largest absolute Gasteiger partial charge is 0.378 e. The normalized spacial score (nSPS) is 34.4. The van der Waals surface area contributed by atoms with Gasteiger partial charge in [-0.15, -0.1) is 11.8 Å². The van der Waals surface area contributed by atoms with Gasteiger partial charge in [0.2, 0.25) is 0 Å². The van der Waals surface area contributed by atoms with Crippen molar-refractivity contribution in [2.75, 3.05) is 5.32 Å². The van der Waals surface area contributed by atoms with E-state index in [1.807, 2.05) is 11.8 Å². The summed E-state index contributed by atoms with van der Waals surface area (Å²) in [5.41, 5.74) is 4.30. The molecule has 2 aliphatic carbocycles. The summed E-state index contributed by atoms with van der Waals surface area (Å²) in [6.45, 7) is 0. The van der Waals surface area contributed by atoms with E-state index in [1.54, 1.807) is 0 Å². The summed E-state index contributed by atoms with van der Waals surface area (Å²) in [5, 5.41) is 4.26. The second kappa shape index (κ2) is 3.92. The maximum Gasteiger partial charge on any atom is 0.0551 e. The van der Waals surface area contributed by atoms with Crippen LogP contribution in [-0.2, 0) is 0 Å². The van der Waals surface area contributed by atoms with Crippen LogP contribution < -0.4 is 5.32 Å². The molecule has 2 heteroatoms. The topological polar surface area (TPSA) is 12.0 Å². The van der Waals surface area contributed by atoms with Gasteiger partial charge in [-0.25, -0.2) is 0 Å². The highest BCUT2D eigenvalue weighted by molar-refractivity contribution is 8.00. The molecule has 1 nitrogen and oxygen atoms in total. The summed E-state index contributed by atoms with van der Waals surface area (Å²) in [5.74, 6) is 1.07.